The molecule has 0 aliphatic carbocycles. The Bertz CT molecular complexity index is 466. The molecule has 1 aromatic carbocycles. The lowest BCUT2D eigenvalue weighted by Crippen LogP contribution is -2.39. The van der Waals surface area contributed by atoms with Crippen LogP contribution in [0.1, 0.15) is 31.4 Å². The number of benzene rings is 1. The van der Waals surface area contributed by atoms with Crippen LogP contribution >= 0.6 is 0 Å². The summed E-state index contributed by atoms with van der Waals surface area (Å²) >= 11 is 0. The molecule has 0 bridgehead atoms. The van der Waals surface area contributed by atoms with Gasteiger partial charge in [0.25, 0.3) is 0 Å². The van der Waals surface area contributed by atoms with E-state index in [0.29, 0.717) is 13.2 Å². The van der Waals surface area contributed by atoms with Crippen molar-refractivity contribution in [3.8, 4) is 5.75 Å². The SMILES string of the molecule is CCOC(=O)C1CCN(CC(O)c2ccc(OC)cc2)CC1. The summed E-state index contributed by atoms with van der Waals surface area (Å²) in [7, 11) is 1.62. The van der Waals surface area contributed by atoms with Gasteiger partial charge in [-0.15, -0.1) is 0 Å². The number of β-amino-alcohol motifs (C(OH)–C–C–N with tert-alkyl or cyclic N) is 1. The fraction of sp³-hybridized carbons (Fsp3) is 0.588. The van der Waals surface area contributed by atoms with Gasteiger partial charge >= 0.3 is 5.97 Å². The van der Waals surface area contributed by atoms with Crippen molar-refractivity contribution in [1.82, 2.24) is 4.90 Å². The van der Waals surface area contributed by atoms with Gasteiger partial charge in [0.15, 0.2) is 0 Å². The molecule has 1 fully saturated rings. The predicted octanol–water partition coefficient (Wildman–Crippen LogP) is 2.00. The third kappa shape index (κ3) is 4.45. The Hall–Kier alpha value is -1.59. The van der Waals surface area contributed by atoms with E-state index < -0.39 is 6.10 Å². The number of nitrogens with zero attached hydrogens (tertiary/aromatic N) is 1. The molecular weight excluding hydrogens is 282 g/mol. The molecule has 22 heavy (non-hydrogen) atoms. The number of ether oxygens (including phenoxy) is 2. The van der Waals surface area contributed by atoms with Gasteiger partial charge in [-0.25, -0.2) is 0 Å². The fourth-order valence-electron chi connectivity index (χ4n) is 2.79. The molecule has 5 nitrogen and oxygen atoms in total. The van der Waals surface area contributed by atoms with Crippen molar-refractivity contribution in [2.24, 2.45) is 5.92 Å². The molecule has 5 heteroatoms. The molecule has 1 aromatic rings. The van der Waals surface area contributed by atoms with Gasteiger partial charge < -0.3 is 19.5 Å². The number of carbonyl (C=O) groups excluding carboxylic acids is 1. The molecule has 1 N–H and O–H groups in total. The molecular formula is C17H25NO4. The zero-order valence-electron chi connectivity index (χ0n) is 13.3. The first-order valence-corrected chi connectivity index (χ1v) is 7.85. The summed E-state index contributed by atoms with van der Waals surface area (Å²) in [5.74, 6) is 0.707. The smallest absolute Gasteiger partial charge is 0.309 e. The average molecular weight is 307 g/mol. The lowest BCUT2D eigenvalue weighted by Gasteiger charge is -2.32. The molecule has 1 aliphatic heterocycles. The van der Waals surface area contributed by atoms with Crippen molar-refractivity contribution >= 4 is 5.97 Å². The Balaban J connectivity index is 1.80. The highest BCUT2D eigenvalue weighted by Gasteiger charge is 2.26. The zero-order chi connectivity index (χ0) is 15.9. The largest absolute Gasteiger partial charge is 0.497 e. The second kappa shape index (κ2) is 8.15. The fourth-order valence-corrected chi connectivity index (χ4v) is 2.79. The van der Waals surface area contributed by atoms with Gasteiger partial charge in [0.2, 0.25) is 0 Å². The van der Waals surface area contributed by atoms with Crippen LogP contribution in [0.5, 0.6) is 5.75 Å². The Morgan fingerprint density at radius 2 is 1.95 bits per heavy atom. The Labute approximate surface area is 131 Å². The van der Waals surface area contributed by atoms with Crippen molar-refractivity contribution in [2.45, 2.75) is 25.9 Å². The maximum atomic E-state index is 11.7. The van der Waals surface area contributed by atoms with E-state index in [4.69, 9.17) is 9.47 Å². The number of methoxy groups -OCH3 is 1. The van der Waals surface area contributed by atoms with Crippen LogP contribution in [0.3, 0.4) is 0 Å². The summed E-state index contributed by atoms with van der Waals surface area (Å²) in [6, 6.07) is 7.47. The monoisotopic (exact) mass is 307 g/mol. The van der Waals surface area contributed by atoms with E-state index in [1.54, 1.807) is 7.11 Å². The molecule has 0 spiro atoms. The van der Waals surface area contributed by atoms with E-state index in [9.17, 15) is 9.90 Å². The topological polar surface area (TPSA) is 59.0 Å². The molecule has 122 valence electrons. The number of rotatable bonds is 6. The van der Waals surface area contributed by atoms with Crippen molar-refractivity contribution < 1.29 is 19.4 Å². The van der Waals surface area contributed by atoms with Crippen LogP contribution in [0.2, 0.25) is 0 Å². The molecule has 2 rings (SSSR count). The number of aliphatic hydroxyl groups excluding tert-OH is 1. The van der Waals surface area contributed by atoms with E-state index in [0.717, 1.165) is 37.2 Å². The van der Waals surface area contributed by atoms with E-state index in [1.807, 2.05) is 31.2 Å². The van der Waals surface area contributed by atoms with Crippen molar-refractivity contribution in [1.29, 1.82) is 0 Å². The minimum absolute atomic E-state index is 0.00864. The van der Waals surface area contributed by atoms with Gasteiger partial charge in [0, 0.05) is 6.54 Å². The maximum absolute atomic E-state index is 11.7. The van der Waals surface area contributed by atoms with Crippen LogP contribution < -0.4 is 4.74 Å². The van der Waals surface area contributed by atoms with Crippen LogP contribution in [-0.4, -0.2) is 49.3 Å². The Morgan fingerprint density at radius 1 is 1.32 bits per heavy atom. The lowest BCUT2D eigenvalue weighted by atomic mass is 9.96. The minimum Gasteiger partial charge on any atom is -0.497 e. The number of likely N-dealkylation sites (tertiary alicyclic amines) is 1. The summed E-state index contributed by atoms with van der Waals surface area (Å²) in [4.78, 5) is 13.9. The number of esters is 1. The first-order valence-electron chi connectivity index (χ1n) is 7.85. The highest BCUT2D eigenvalue weighted by molar-refractivity contribution is 5.72. The predicted molar refractivity (Wildman–Crippen MR) is 83.8 cm³/mol. The average Bonchev–Trinajstić information content (AvgIpc) is 2.55. The summed E-state index contributed by atoms with van der Waals surface area (Å²) in [5.41, 5.74) is 0.883. The zero-order valence-corrected chi connectivity index (χ0v) is 13.3. The first-order chi connectivity index (χ1) is 10.6. The van der Waals surface area contributed by atoms with Crippen LogP contribution in [0.15, 0.2) is 24.3 Å². The number of aliphatic hydroxyl groups is 1. The second-order valence-electron chi connectivity index (χ2n) is 5.62. The summed E-state index contributed by atoms with van der Waals surface area (Å²) in [6.45, 7) is 4.49. The lowest BCUT2D eigenvalue weighted by molar-refractivity contribution is -0.149. The van der Waals surface area contributed by atoms with Crippen LogP contribution in [0.4, 0.5) is 0 Å². The van der Waals surface area contributed by atoms with E-state index in [2.05, 4.69) is 4.90 Å². The van der Waals surface area contributed by atoms with Crippen LogP contribution in [0.25, 0.3) is 0 Å². The molecule has 0 amide bonds. The van der Waals surface area contributed by atoms with Gasteiger partial charge in [-0.1, -0.05) is 12.1 Å². The molecule has 1 heterocycles. The first kappa shape index (κ1) is 16.8. The second-order valence-corrected chi connectivity index (χ2v) is 5.62. The quantitative estimate of drug-likeness (QED) is 0.815. The van der Waals surface area contributed by atoms with Crippen molar-refractivity contribution in [3.05, 3.63) is 29.8 Å². The van der Waals surface area contributed by atoms with E-state index >= 15 is 0 Å². The van der Waals surface area contributed by atoms with Crippen LogP contribution in [0, 0.1) is 5.92 Å². The number of piperidine rings is 1. The summed E-state index contributed by atoms with van der Waals surface area (Å²) < 4.78 is 10.2. The highest BCUT2D eigenvalue weighted by atomic mass is 16.5. The van der Waals surface area contributed by atoms with Gasteiger partial charge in [-0.05, 0) is 50.6 Å². The highest BCUT2D eigenvalue weighted by Crippen LogP contribution is 2.23. The summed E-state index contributed by atoms with van der Waals surface area (Å²) in [6.07, 6.45) is 1.08. The molecule has 0 saturated carbocycles. The third-order valence-corrected chi connectivity index (χ3v) is 4.14. The molecule has 0 radical (unpaired) electrons. The number of hydrogen-bond donors (Lipinski definition) is 1. The normalized spacial score (nSPS) is 18.0. The number of hydrogen-bond acceptors (Lipinski definition) is 5. The molecule has 1 saturated heterocycles. The standard InChI is InChI=1S/C17H25NO4/c1-3-22-17(20)14-8-10-18(11-9-14)12-16(19)13-4-6-15(21-2)7-5-13/h4-7,14,16,19H,3,8-12H2,1-2H3. The van der Waals surface area contributed by atoms with Gasteiger partial charge in [0.1, 0.15) is 5.75 Å². The maximum Gasteiger partial charge on any atom is 0.309 e. The molecule has 1 unspecified atom stereocenters. The Morgan fingerprint density at radius 3 is 2.50 bits per heavy atom. The molecule has 0 aromatic heterocycles. The Kier molecular flexibility index (Phi) is 6.21. The molecule has 1 atom stereocenters. The summed E-state index contributed by atoms with van der Waals surface area (Å²) in [5, 5.41) is 10.3. The van der Waals surface area contributed by atoms with Crippen LogP contribution in [-0.2, 0) is 9.53 Å². The van der Waals surface area contributed by atoms with Gasteiger partial charge in [0.05, 0.1) is 25.7 Å². The van der Waals surface area contributed by atoms with Crippen molar-refractivity contribution in [3.63, 3.8) is 0 Å². The third-order valence-electron chi connectivity index (χ3n) is 4.14. The number of carbonyl (C=O) groups is 1. The van der Waals surface area contributed by atoms with Crippen molar-refractivity contribution in [2.75, 3.05) is 33.4 Å². The minimum atomic E-state index is -0.523. The van der Waals surface area contributed by atoms with Gasteiger partial charge in [-0.2, -0.15) is 0 Å². The van der Waals surface area contributed by atoms with E-state index in [-0.39, 0.29) is 11.9 Å². The van der Waals surface area contributed by atoms with E-state index in [1.165, 1.54) is 0 Å². The van der Waals surface area contributed by atoms with Gasteiger partial charge in [-0.3, -0.25) is 4.79 Å². The molecule has 1 aliphatic rings.